The summed E-state index contributed by atoms with van der Waals surface area (Å²) in [6.07, 6.45) is 4.00. The van der Waals surface area contributed by atoms with Crippen LogP contribution in [0.1, 0.15) is 30.1 Å². The summed E-state index contributed by atoms with van der Waals surface area (Å²) in [6.45, 7) is 4.18. The molecule has 0 atom stereocenters. The normalized spacial score (nSPS) is 14.1. The number of aromatic nitrogens is 4. The summed E-state index contributed by atoms with van der Waals surface area (Å²) in [5.74, 6) is 1.51. The number of thioether (sulfide) groups is 1. The quantitative estimate of drug-likeness (QED) is 0.284. The van der Waals surface area contributed by atoms with E-state index in [1.807, 2.05) is 11.4 Å². The fourth-order valence-corrected chi connectivity index (χ4v) is 5.91. The van der Waals surface area contributed by atoms with Gasteiger partial charge in [-0.25, -0.2) is 9.97 Å². The van der Waals surface area contributed by atoms with Gasteiger partial charge in [-0.1, -0.05) is 17.8 Å². The average Bonchev–Trinajstić information content (AvgIpc) is 3.25. The molecule has 0 bridgehead atoms. The Labute approximate surface area is 172 Å². The predicted molar refractivity (Wildman–Crippen MR) is 116 cm³/mol. The summed E-state index contributed by atoms with van der Waals surface area (Å²) in [5.41, 5.74) is 1.70. The van der Waals surface area contributed by atoms with Crippen LogP contribution in [0, 0.1) is 0 Å². The fraction of sp³-hybridized carbons (Fsp3) is 0.263. The van der Waals surface area contributed by atoms with Gasteiger partial charge in [0.25, 0.3) is 11.1 Å². The van der Waals surface area contributed by atoms with Gasteiger partial charge in [0, 0.05) is 6.54 Å². The topological polar surface area (TPSA) is 80.6 Å². The molecule has 1 aliphatic carbocycles. The third-order valence-corrected chi connectivity index (χ3v) is 7.50. The van der Waals surface area contributed by atoms with E-state index in [2.05, 4.69) is 21.9 Å². The van der Waals surface area contributed by atoms with Crippen molar-refractivity contribution < 1.29 is 0 Å². The highest BCUT2D eigenvalue weighted by Crippen LogP contribution is 2.44. The lowest BCUT2D eigenvalue weighted by molar-refractivity contribution is 0.672. The molecule has 0 radical (unpaired) electrons. The number of fused-ring (bicyclic) bond motifs is 2. The first-order valence-corrected chi connectivity index (χ1v) is 11.6. The molecule has 0 aliphatic heterocycles. The van der Waals surface area contributed by atoms with E-state index >= 15 is 0 Å². The molecule has 1 N–H and O–H groups in total. The molecular formula is C19H16N4O2S3. The molecule has 4 aromatic heterocycles. The maximum Gasteiger partial charge on any atom is 0.268 e. The predicted octanol–water partition coefficient (Wildman–Crippen LogP) is 4.11. The summed E-state index contributed by atoms with van der Waals surface area (Å²) < 4.78 is 2.29. The Morgan fingerprint density at radius 3 is 2.96 bits per heavy atom. The van der Waals surface area contributed by atoms with Crippen molar-refractivity contribution in [3.05, 3.63) is 61.6 Å². The van der Waals surface area contributed by atoms with Crippen LogP contribution in [0.5, 0.6) is 0 Å². The van der Waals surface area contributed by atoms with E-state index < -0.39 is 0 Å². The minimum atomic E-state index is -0.130. The summed E-state index contributed by atoms with van der Waals surface area (Å²) in [7, 11) is 0. The van der Waals surface area contributed by atoms with Crippen molar-refractivity contribution in [3.8, 4) is 0 Å². The molecule has 0 saturated heterocycles. The highest BCUT2D eigenvalue weighted by molar-refractivity contribution is 7.98. The maximum atomic E-state index is 13.2. The van der Waals surface area contributed by atoms with Crippen LogP contribution in [-0.4, -0.2) is 19.5 Å². The number of nitrogens with zero attached hydrogens (tertiary/aromatic N) is 3. The molecule has 5 rings (SSSR count). The van der Waals surface area contributed by atoms with E-state index in [0.29, 0.717) is 39.4 Å². The van der Waals surface area contributed by atoms with Crippen LogP contribution in [0.2, 0.25) is 0 Å². The zero-order valence-corrected chi connectivity index (χ0v) is 17.3. The van der Waals surface area contributed by atoms with Crippen LogP contribution in [0.4, 0.5) is 0 Å². The van der Waals surface area contributed by atoms with Gasteiger partial charge >= 0.3 is 0 Å². The van der Waals surface area contributed by atoms with Crippen molar-refractivity contribution in [2.45, 2.75) is 36.2 Å². The molecule has 0 aromatic carbocycles. The van der Waals surface area contributed by atoms with Crippen LogP contribution in [0.25, 0.3) is 20.4 Å². The molecule has 1 aliphatic rings. The average molecular weight is 429 g/mol. The van der Waals surface area contributed by atoms with Gasteiger partial charge in [0.1, 0.15) is 15.4 Å². The van der Waals surface area contributed by atoms with Crippen LogP contribution >= 0.6 is 34.4 Å². The van der Waals surface area contributed by atoms with Crippen LogP contribution in [-0.2, 0) is 12.3 Å². The highest BCUT2D eigenvalue weighted by atomic mass is 32.2. The lowest BCUT2D eigenvalue weighted by atomic mass is 10.1. The lowest BCUT2D eigenvalue weighted by Crippen LogP contribution is -2.23. The molecule has 1 saturated carbocycles. The fourth-order valence-electron chi connectivity index (χ4n) is 3.24. The smallest absolute Gasteiger partial charge is 0.268 e. The standard InChI is InChI=1S/C19H16N4O2S3/c1-2-6-23-18(25)14-11(10-3-4-10)8-27-17(14)22-19(23)28-9-13-20-12-5-7-26-15(12)16(24)21-13/h2,5,7-8,10H,1,3-4,6,9H2,(H,20,21,24). The van der Waals surface area contributed by atoms with Gasteiger partial charge in [0.05, 0.1) is 16.7 Å². The molecule has 0 unspecified atom stereocenters. The van der Waals surface area contributed by atoms with Crippen LogP contribution in [0.3, 0.4) is 0 Å². The zero-order valence-electron chi connectivity index (χ0n) is 14.8. The highest BCUT2D eigenvalue weighted by Gasteiger charge is 2.28. The number of thiophene rings is 2. The van der Waals surface area contributed by atoms with Crippen LogP contribution in [0.15, 0.2) is 44.2 Å². The molecule has 142 valence electrons. The first-order chi connectivity index (χ1) is 13.7. The number of hydrogen-bond donors (Lipinski definition) is 1. The Morgan fingerprint density at radius 2 is 2.18 bits per heavy atom. The largest absolute Gasteiger partial charge is 0.309 e. The Hall–Kier alpha value is -2.23. The number of hydrogen-bond acceptors (Lipinski definition) is 7. The molecule has 1 fully saturated rings. The minimum absolute atomic E-state index is 0.00899. The molecule has 4 aromatic rings. The summed E-state index contributed by atoms with van der Waals surface area (Å²) in [5, 5.41) is 5.31. The van der Waals surface area contributed by atoms with Gasteiger partial charge in [-0.05, 0) is 41.1 Å². The maximum absolute atomic E-state index is 13.2. The number of allylic oxidation sites excluding steroid dienone is 1. The van der Waals surface area contributed by atoms with E-state index in [1.165, 1.54) is 34.4 Å². The molecule has 6 nitrogen and oxygen atoms in total. The minimum Gasteiger partial charge on any atom is -0.309 e. The van der Waals surface area contributed by atoms with Crippen molar-refractivity contribution in [2.75, 3.05) is 0 Å². The van der Waals surface area contributed by atoms with E-state index in [4.69, 9.17) is 4.98 Å². The van der Waals surface area contributed by atoms with Gasteiger partial charge in [-0.2, -0.15) is 0 Å². The number of nitrogens with one attached hydrogen (secondary N) is 1. The van der Waals surface area contributed by atoms with Crippen molar-refractivity contribution >= 4 is 54.9 Å². The van der Waals surface area contributed by atoms with E-state index in [-0.39, 0.29) is 11.1 Å². The van der Waals surface area contributed by atoms with Crippen molar-refractivity contribution in [2.24, 2.45) is 0 Å². The second-order valence-electron chi connectivity index (χ2n) is 6.68. The first kappa shape index (κ1) is 17.8. The van der Waals surface area contributed by atoms with Crippen molar-refractivity contribution in [1.82, 2.24) is 19.5 Å². The summed E-state index contributed by atoms with van der Waals surface area (Å²) in [6, 6.07) is 1.84. The Morgan fingerprint density at radius 1 is 1.32 bits per heavy atom. The number of aromatic amines is 1. The summed E-state index contributed by atoms with van der Waals surface area (Å²) >= 11 is 4.31. The van der Waals surface area contributed by atoms with Gasteiger partial charge in [-0.3, -0.25) is 14.2 Å². The van der Waals surface area contributed by atoms with E-state index in [9.17, 15) is 9.59 Å². The molecule has 28 heavy (non-hydrogen) atoms. The van der Waals surface area contributed by atoms with Gasteiger partial charge in [0.2, 0.25) is 0 Å². The molecule has 4 heterocycles. The van der Waals surface area contributed by atoms with Crippen molar-refractivity contribution in [1.29, 1.82) is 0 Å². The summed E-state index contributed by atoms with van der Waals surface area (Å²) in [4.78, 5) is 38.2. The Bertz CT molecular complexity index is 1330. The second-order valence-corrected chi connectivity index (χ2v) is 9.40. The third-order valence-electron chi connectivity index (χ3n) is 4.72. The van der Waals surface area contributed by atoms with E-state index in [1.54, 1.807) is 10.6 Å². The van der Waals surface area contributed by atoms with Gasteiger partial charge in [0.15, 0.2) is 5.16 Å². The van der Waals surface area contributed by atoms with Gasteiger partial charge in [-0.15, -0.1) is 29.3 Å². The lowest BCUT2D eigenvalue weighted by Gasteiger charge is -2.10. The van der Waals surface area contributed by atoms with Crippen molar-refractivity contribution in [3.63, 3.8) is 0 Å². The number of rotatable bonds is 6. The van der Waals surface area contributed by atoms with Crippen LogP contribution < -0.4 is 11.1 Å². The first-order valence-electron chi connectivity index (χ1n) is 8.87. The Balaban J connectivity index is 1.53. The third kappa shape index (κ3) is 3.03. The monoisotopic (exact) mass is 428 g/mol. The number of H-pyrrole nitrogens is 1. The molecule has 9 heteroatoms. The molecular weight excluding hydrogens is 412 g/mol. The van der Waals surface area contributed by atoms with Gasteiger partial charge < -0.3 is 4.98 Å². The second kappa shape index (κ2) is 6.98. The Kier molecular flexibility index (Phi) is 4.45. The SMILES string of the molecule is C=CCn1c(SCc2nc3ccsc3c(=O)[nH]2)nc2scc(C3CC3)c2c1=O. The zero-order chi connectivity index (χ0) is 19.3. The molecule has 0 spiro atoms. The van der Waals surface area contributed by atoms with E-state index in [0.717, 1.165) is 28.6 Å². The molecule has 0 amide bonds.